The fourth-order valence-electron chi connectivity index (χ4n) is 3.38. The minimum absolute atomic E-state index is 0.0961. The van der Waals surface area contributed by atoms with Gasteiger partial charge in [-0.05, 0) is 18.3 Å². The monoisotopic (exact) mass is 267 g/mol. The van der Waals surface area contributed by atoms with E-state index in [1.807, 2.05) is 4.90 Å². The van der Waals surface area contributed by atoms with Gasteiger partial charge in [0.15, 0.2) is 0 Å². The summed E-state index contributed by atoms with van der Waals surface area (Å²) in [5, 5.41) is 8.97. The first-order chi connectivity index (χ1) is 8.83. The number of carboxylic acid groups (broad SMARTS) is 1. The van der Waals surface area contributed by atoms with Gasteiger partial charge in [0.2, 0.25) is 5.91 Å². The number of hydrogen-bond acceptors (Lipinski definition) is 2. The van der Waals surface area contributed by atoms with Crippen LogP contribution in [-0.2, 0) is 9.59 Å². The Hall–Kier alpha value is -1.06. The van der Waals surface area contributed by atoms with Gasteiger partial charge in [0.1, 0.15) is 0 Å². The first-order valence-electron chi connectivity index (χ1n) is 7.34. The van der Waals surface area contributed by atoms with Crippen LogP contribution in [0.25, 0.3) is 0 Å². The molecule has 2 aliphatic rings. The summed E-state index contributed by atoms with van der Waals surface area (Å²) in [6.45, 7) is 7.36. The van der Waals surface area contributed by atoms with Crippen LogP contribution < -0.4 is 0 Å². The highest BCUT2D eigenvalue weighted by molar-refractivity contribution is 5.81. The minimum Gasteiger partial charge on any atom is -0.481 e. The van der Waals surface area contributed by atoms with Gasteiger partial charge in [0, 0.05) is 24.9 Å². The van der Waals surface area contributed by atoms with Gasteiger partial charge < -0.3 is 10.0 Å². The van der Waals surface area contributed by atoms with Crippen molar-refractivity contribution in [2.75, 3.05) is 13.1 Å². The SMILES string of the molecule is CC(C(=O)O)C1CN(C(=O)C2CCCCC2(C)C)C1. The number of carboxylic acids is 1. The van der Waals surface area contributed by atoms with E-state index in [1.165, 1.54) is 6.42 Å². The summed E-state index contributed by atoms with van der Waals surface area (Å²) < 4.78 is 0. The Morgan fingerprint density at radius 1 is 1.26 bits per heavy atom. The quantitative estimate of drug-likeness (QED) is 0.854. The van der Waals surface area contributed by atoms with E-state index in [4.69, 9.17) is 5.11 Å². The molecule has 1 saturated carbocycles. The maximum Gasteiger partial charge on any atom is 0.306 e. The summed E-state index contributed by atoms with van der Waals surface area (Å²) in [4.78, 5) is 25.3. The van der Waals surface area contributed by atoms with Crippen LogP contribution in [-0.4, -0.2) is 35.0 Å². The van der Waals surface area contributed by atoms with Gasteiger partial charge in [0.05, 0.1) is 5.92 Å². The molecule has 19 heavy (non-hydrogen) atoms. The predicted molar refractivity (Wildman–Crippen MR) is 72.6 cm³/mol. The highest BCUT2D eigenvalue weighted by Gasteiger charge is 2.44. The zero-order chi connectivity index (χ0) is 14.2. The Labute approximate surface area is 115 Å². The van der Waals surface area contributed by atoms with Gasteiger partial charge in [-0.3, -0.25) is 9.59 Å². The van der Waals surface area contributed by atoms with Gasteiger partial charge in [-0.1, -0.05) is 33.6 Å². The Morgan fingerprint density at radius 3 is 2.42 bits per heavy atom. The Balaban J connectivity index is 1.91. The maximum absolute atomic E-state index is 12.5. The molecule has 0 aromatic heterocycles. The van der Waals surface area contributed by atoms with E-state index < -0.39 is 5.97 Å². The number of carbonyl (C=O) groups is 2. The lowest BCUT2D eigenvalue weighted by molar-refractivity contribution is -0.155. The third-order valence-electron chi connectivity index (χ3n) is 5.12. The normalized spacial score (nSPS) is 28.6. The Bertz CT molecular complexity index is 372. The van der Waals surface area contributed by atoms with Crippen LogP contribution in [0.15, 0.2) is 0 Å². The fraction of sp³-hybridized carbons (Fsp3) is 0.867. The van der Waals surface area contributed by atoms with E-state index in [-0.39, 0.29) is 29.1 Å². The van der Waals surface area contributed by atoms with Crippen molar-refractivity contribution in [3.63, 3.8) is 0 Å². The lowest BCUT2D eigenvalue weighted by Crippen LogP contribution is -2.56. The zero-order valence-corrected chi connectivity index (χ0v) is 12.2. The van der Waals surface area contributed by atoms with Gasteiger partial charge >= 0.3 is 5.97 Å². The van der Waals surface area contributed by atoms with Crippen LogP contribution in [0.3, 0.4) is 0 Å². The van der Waals surface area contributed by atoms with Gasteiger partial charge in [-0.2, -0.15) is 0 Å². The summed E-state index contributed by atoms with van der Waals surface area (Å²) >= 11 is 0. The van der Waals surface area contributed by atoms with E-state index in [9.17, 15) is 9.59 Å². The molecular formula is C15H25NO3. The summed E-state index contributed by atoms with van der Waals surface area (Å²) in [5.41, 5.74) is 0.0961. The number of carbonyl (C=O) groups excluding carboxylic acids is 1. The molecule has 1 aliphatic heterocycles. The summed E-state index contributed by atoms with van der Waals surface area (Å²) in [5.74, 6) is -0.590. The van der Waals surface area contributed by atoms with Crippen LogP contribution in [0, 0.1) is 23.2 Å². The van der Waals surface area contributed by atoms with E-state index in [0.717, 1.165) is 19.3 Å². The van der Waals surface area contributed by atoms with E-state index in [1.54, 1.807) is 6.92 Å². The van der Waals surface area contributed by atoms with Crippen molar-refractivity contribution in [3.8, 4) is 0 Å². The summed E-state index contributed by atoms with van der Waals surface area (Å²) in [7, 11) is 0. The Morgan fingerprint density at radius 2 is 1.89 bits per heavy atom. The van der Waals surface area contributed by atoms with Crippen LogP contribution in [0.4, 0.5) is 0 Å². The molecule has 0 spiro atoms. The van der Waals surface area contributed by atoms with Crippen molar-refractivity contribution in [2.24, 2.45) is 23.2 Å². The number of nitrogens with zero attached hydrogens (tertiary/aromatic N) is 1. The van der Waals surface area contributed by atoms with Crippen molar-refractivity contribution >= 4 is 11.9 Å². The smallest absolute Gasteiger partial charge is 0.306 e. The molecule has 4 heteroatoms. The molecule has 0 radical (unpaired) electrons. The first kappa shape index (κ1) is 14.4. The first-order valence-corrected chi connectivity index (χ1v) is 7.34. The molecule has 2 fully saturated rings. The second-order valence-corrected chi connectivity index (χ2v) is 6.92. The molecule has 1 heterocycles. The van der Waals surface area contributed by atoms with Crippen LogP contribution in [0.2, 0.25) is 0 Å². The van der Waals surface area contributed by atoms with E-state index >= 15 is 0 Å². The molecule has 0 aromatic rings. The van der Waals surface area contributed by atoms with Crippen molar-refractivity contribution in [1.29, 1.82) is 0 Å². The van der Waals surface area contributed by atoms with Crippen LogP contribution in [0.1, 0.15) is 46.5 Å². The third kappa shape index (κ3) is 2.77. The summed E-state index contributed by atoms with van der Waals surface area (Å²) in [6.07, 6.45) is 4.46. The predicted octanol–water partition coefficient (Wildman–Crippen LogP) is 2.38. The molecule has 2 unspecified atom stereocenters. The van der Waals surface area contributed by atoms with Gasteiger partial charge in [0.25, 0.3) is 0 Å². The fourth-order valence-corrected chi connectivity index (χ4v) is 3.38. The highest BCUT2D eigenvalue weighted by Crippen LogP contribution is 2.42. The third-order valence-corrected chi connectivity index (χ3v) is 5.12. The number of hydrogen-bond donors (Lipinski definition) is 1. The second-order valence-electron chi connectivity index (χ2n) is 6.92. The largest absolute Gasteiger partial charge is 0.481 e. The average Bonchev–Trinajstić information content (AvgIpc) is 2.25. The average molecular weight is 267 g/mol. The minimum atomic E-state index is -0.755. The molecule has 1 amide bonds. The highest BCUT2D eigenvalue weighted by atomic mass is 16.4. The second kappa shape index (κ2) is 5.14. The number of aliphatic carboxylic acids is 1. The number of likely N-dealkylation sites (tertiary alicyclic amines) is 1. The zero-order valence-electron chi connectivity index (χ0n) is 12.2. The van der Waals surface area contributed by atoms with E-state index in [2.05, 4.69) is 13.8 Å². The van der Waals surface area contributed by atoms with E-state index in [0.29, 0.717) is 13.1 Å². The van der Waals surface area contributed by atoms with Crippen molar-refractivity contribution in [2.45, 2.75) is 46.5 Å². The van der Waals surface area contributed by atoms with Crippen LogP contribution >= 0.6 is 0 Å². The van der Waals surface area contributed by atoms with Crippen molar-refractivity contribution in [1.82, 2.24) is 4.90 Å². The number of rotatable bonds is 3. The van der Waals surface area contributed by atoms with Gasteiger partial charge in [-0.25, -0.2) is 0 Å². The molecule has 1 saturated heterocycles. The van der Waals surface area contributed by atoms with Crippen LogP contribution in [0.5, 0.6) is 0 Å². The number of amides is 1. The molecule has 2 rings (SSSR count). The topological polar surface area (TPSA) is 57.6 Å². The molecule has 1 aliphatic carbocycles. The maximum atomic E-state index is 12.5. The molecular weight excluding hydrogens is 242 g/mol. The lowest BCUT2D eigenvalue weighted by Gasteiger charge is -2.46. The molecule has 2 atom stereocenters. The van der Waals surface area contributed by atoms with Crippen molar-refractivity contribution < 1.29 is 14.7 Å². The summed E-state index contributed by atoms with van der Waals surface area (Å²) in [6, 6.07) is 0. The molecule has 1 N–H and O–H groups in total. The molecule has 108 valence electrons. The standard InChI is InChI=1S/C15H25NO3/c1-10(14(18)19)11-8-16(9-11)13(17)12-6-4-5-7-15(12,2)3/h10-12H,4-9H2,1-3H3,(H,18,19). The Kier molecular flexibility index (Phi) is 3.88. The van der Waals surface area contributed by atoms with Crippen molar-refractivity contribution in [3.05, 3.63) is 0 Å². The van der Waals surface area contributed by atoms with Gasteiger partial charge in [-0.15, -0.1) is 0 Å². The molecule has 4 nitrogen and oxygen atoms in total. The lowest BCUT2D eigenvalue weighted by atomic mass is 9.68. The molecule has 0 bridgehead atoms. The molecule has 0 aromatic carbocycles.